The molecule has 0 bridgehead atoms. The fraction of sp³-hybridized carbons (Fsp3) is 0.471. The summed E-state index contributed by atoms with van der Waals surface area (Å²) >= 11 is 0. The van der Waals surface area contributed by atoms with E-state index < -0.39 is 17.7 Å². The van der Waals surface area contributed by atoms with Crippen LogP contribution in [0.4, 0.5) is 0 Å². The van der Waals surface area contributed by atoms with Crippen molar-refractivity contribution in [1.29, 1.82) is 0 Å². The first-order chi connectivity index (χ1) is 11.0. The molecule has 1 unspecified atom stereocenters. The normalized spacial score (nSPS) is 18.2. The van der Waals surface area contributed by atoms with Gasteiger partial charge in [0.2, 0.25) is 0 Å². The quantitative estimate of drug-likeness (QED) is 0.778. The van der Waals surface area contributed by atoms with Crippen molar-refractivity contribution in [2.24, 2.45) is 5.92 Å². The van der Waals surface area contributed by atoms with Gasteiger partial charge in [0.1, 0.15) is 0 Å². The Kier molecular flexibility index (Phi) is 5.50. The Hall–Kier alpha value is -2.21. The van der Waals surface area contributed by atoms with Gasteiger partial charge in [-0.2, -0.15) is 0 Å². The van der Waals surface area contributed by atoms with Gasteiger partial charge in [-0.3, -0.25) is 14.6 Å². The minimum absolute atomic E-state index is 0.175. The molecule has 1 aliphatic rings. The number of rotatable bonds is 7. The van der Waals surface area contributed by atoms with Gasteiger partial charge in [0, 0.05) is 38.6 Å². The summed E-state index contributed by atoms with van der Waals surface area (Å²) in [5.74, 6) is -1.47. The summed E-state index contributed by atoms with van der Waals surface area (Å²) in [7, 11) is 1.59. The number of amides is 1. The summed E-state index contributed by atoms with van der Waals surface area (Å²) in [4.78, 5) is 30.5. The van der Waals surface area contributed by atoms with Crippen molar-refractivity contribution in [2.75, 3.05) is 20.3 Å². The van der Waals surface area contributed by atoms with Crippen LogP contribution >= 0.6 is 0 Å². The van der Waals surface area contributed by atoms with Gasteiger partial charge >= 0.3 is 0 Å². The van der Waals surface area contributed by atoms with Crippen LogP contribution in [0, 0.1) is 5.92 Å². The predicted octanol–water partition coefficient (Wildman–Crippen LogP) is 2.04. The summed E-state index contributed by atoms with van der Waals surface area (Å²) in [6, 6.07) is 2.94. The third-order valence-electron chi connectivity index (χ3n) is 3.86. The second-order valence-electron chi connectivity index (χ2n) is 5.81. The van der Waals surface area contributed by atoms with E-state index in [9.17, 15) is 14.7 Å². The summed E-state index contributed by atoms with van der Waals surface area (Å²) in [5, 5.41) is 10.3. The molecular formula is C17H22N2O4. The van der Waals surface area contributed by atoms with Crippen LogP contribution in [0.5, 0.6) is 0 Å². The van der Waals surface area contributed by atoms with Crippen LogP contribution in [0.2, 0.25) is 0 Å². The van der Waals surface area contributed by atoms with Gasteiger partial charge in [0.05, 0.1) is 11.6 Å². The number of carbonyl (C=O) groups excluding carboxylic acids is 2. The Morgan fingerprint density at radius 3 is 2.61 bits per heavy atom. The predicted molar refractivity (Wildman–Crippen MR) is 84.7 cm³/mol. The lowest BCUT2D eigenvalue weighted by molar-refractivity contribution is -0.129. The Morgan fingerprint density at radius 1 is 1.39 bits per heavy atom. The molecule has 23 heavy (non-hydrogen) atoms. The zero-order chi connectivity index (χ0) is 17.0. The third-order valence-corrected chi connectivity index (χ3v) is 3.86. The number of Topliss-reactive ketones (excluding diaryl/α,β-unsaturated/α-hetero) is 1. The van der Waals surface area contributed by atoms with Crippen molar-refractivity contribution in [2.45, 2.75) is 26.3 Å². The van der Waals surface area contributed by atoms with E-state index in [-0.39, 0.29) is 17.3 Å². The number of aliphatic hydroxyl groups is 1. The molecule has 0 saturated heterocycles. The molecular weight excluding hydrogens is 296 g/mol. The number of pyridine rings is 1. The molecule has 0 saturated carbocycles. The topological polar surface area (TPSA) is 79.7 Å². The molecule has 2 rings (SSSR count). The van der Waals surface area contributed by atoms with Gasteiger partial charge in [-0.05, 0) is 24.1 Å². The number of methoxy groups -OCH3 is 1. The lowest BCUT2D eigenvalue weighted by atomic mass is 9.92. The largest absolute Gasteiger partial charge is 0.503 e. The number of ketones is 1. The molecule has 1 aromatic rings. The number of aromatic nitrogens is 1. The van der Waals surface area contributed by atoms with Crippen LogP contribution in [-0.2, 0) is 14.3 Å². The Bertz CT molecular complexity index is 610. The summed E-state index contributed by atoms with van der Waals surface area (Å²) in [5.41, 5.74) is 0.937. The van der Waals surface area contributed by atoms with Crippen LogP contribution in [0.15, 0.2) is 35.9 Å². The molecule has 2 heterocycles. The number of aliphatic hydroxyl groups excluding tert-OH is 1. The maximum Gasteiger partial charge on any atom is 0.290 e. The zero-order valence-electron chi connectivity index (χ0n) is 13.7. The maximum atomic E-state index is 12.5. The van der Waals surface area contributed by atoms with Gasteiger partial charge in [0.25, 0.3) is 5.91 Å². The monoisotopic (exact) mass is 318 g/mol. The SMILES string of the molecule is COCCCN1C(=O)C(O)=C(C(=O)C(C)C)C1c1ccncc1. The van der Waals surface area contributed by atoms with E-state index in [0.29, 0.717) is 19.6 Å². The van der Waals surface area contributed by atoms with Gasteiger partial charge in [-0.25, -0.2) is 0 Å². The number of nitrogens with zero attached hydrogens (tertiary/aromatic N) is 2. The average Bonchev–Trinajstić information content (AvgIpc) is 2.80. The van der Waals surface area contributed by atoms with Crippen LogP contribution in [0.1, 0.15) is 31.9 Å². The van der Waals surface area contributed by atoms with Crippen LogP contribution in [0.25, 0.3) is 0 Å². The van der Waals surface area contributed by atoms with Gasteiger partial charge < -0.3 is 14.7 Å². The smallest absolute Gasteiger partial charge is 0.290 e. The van der Waals surface area contributed by atoms with Crippen molar-refractivity contribution in [3.8, 4) is 0 Å². The van der Waals surface area contributed by atoms with Crippen molar-refractivity contribution in [1.82, 2.24) is 9.88 Å². The van der Waals surface area contributed by atoms with Crippen molar-refractivity contribution >= 4 is 11.7 Å². The van der Waals surface area contributed by atoms with Crippen LogP contribution in [-0.4, -0.2) is 46.9 Å². The highest BCUT2D eigenvalue weighted by molar-refractivity contribution is 6.09. The lowest BCUT2D eigenvalue weighted by Crippen LogP contribution is -2.33. The summed E-state index contributed by atoms with van der Waals surface area (Å²) in [6.07, 6.45) is 3.85. The Balaban J connectivity index is 2.42. The molecule has 1 atom stereocenters. The number of hydrogen-bond donors (Lipinski definition) is 1. The fourth-order valence-electron chi connectivity index (χ4n) is 2.72. The molecule has 0 radical (unpaired) electrons. The molecule has 0 spiro atoms. The van der Waals surface area contributed by atoms with E-state index >= 15 is 0 Å². The lowest BCUT2D eigenvalue weighted by Gasteiger charge is -2.27. The van der Waals surface area contributed by atoms with E-state index in [1.54, 1.807) is 45.5 Å². The van der Waals surface area contributed by atoms with E-state index in [2.05, 4.69) is 4.98 Å². The first-order valence-electron chi connectivity index (χ1n) is 7.66. The van der Waals surface area contributed by atoms with Crippen molar-refractivity contribution < 1.29 is 19.4 Å². The van der Waals surface area contributed by atoms with E-state index in [1.807, 2.05) is 0 Å². The van der Waals surface area contributed by atoms with E-state index in [1.165, 1.54) is 4.90 Å². The molecule has 1 aromatic heterocycles. The molecule has 0 fully saturated rings. The van der Waals surface area contributed by atoms with Crippen molar-refractivity contribution in [3.05, 3.63) is 41.4 Å². The molecule has 6 heteroatoms. The van der Waals surface area contributed by atoms with Crippen molar-refractivity contribution in [3.63, 3.8) is 0 Å². The van der Waals surface area contributed by atoms with Gasteiger partial charge in [-0.1, -0.05) is 13.8 Å². The highest BCUT2D eigenvalue weighted by atomic mass is 16.5. The van der Waals surface area contributed by atoms with Gasteiger partial charge in [0.15, 0.2) is 11.5 Å². The van der Waals surface area contributed by atoms with E-state index in [4.69, 9.17) is 4.74 Å². The standard InChI is InChI=1S/C17H22N2O4/c1-11(2)15(20)13-14(12-5-7-18-8-6-12)19(9-4-10-23-3)17(22)16(13)21/h5-8,11,14,21H,4,9-10H2,1-3H3. The zero-order valence-corrected chi connectivity index (χ0v) is 13.7. The molecule has 1 amide bonds. The second-order valence-corrected chi connectivity index (χ2v) is 5.81. The molecule has 124 valence electrons. The minimum Gasteiger partial charge on any atom is -0.503 e. The first kappa shape index (κ1) is 17.1. The summed E-state index contributed by atoms with van der Waals surface area (Å²) < 4.78 is 5.03. The second kappa shape index (κ2) is 7.37. The van der Waals surface area contributed by atoms with Crippen LogP contribution < -0.4 is 0 Å². The molecule has 0 aliphatic carbocycles. The van der Waals surface area contributed by atoms with Gasteiger partial charge in [-0.15, -0.1) is 0 Å². The summed E-state index contributed by atoms with van der Waals surface area (Å²) in [6.45, 7) is 4.41. The average molecular weight is 318 g/mol. The maximum absolute atomic E-state index is 12.5. The molecule has 1 aliphatic heterocycles. The molecule has 6 nitrogen and oxygen atoms in total. The highest BCUT2D eigenvalue weighted by Crippen LogP contribution is 2.38. The van der Waals surface area contributed by atoms with E-state index in [0.717, 1.165) is 5.56 Å². The fourth-order valence-corrected chi connectivity index (χ4v) is 2.72. The van der Waals surface area contributed by atoms with Crippen LogP contribution in [0.3, 0.4) is 0 Å². The minimum atomic E-state index is -0.572. The number of hydrogen-bond acceptors (Lipinski definition) is 5. The molecule has 1 N–H and O–H groups in total. The number of ether oxygens (including phenoxy) is 1. The Labute approximate surface area is 135 Å². The number of carbonyl (C=O) groups is 2. The molecule has 0 aromatic carbocycles. The third kappa shape index (κ3) is 3.42. The highest BCUT2D eigenvalue weighted by Gasteiger charge is 2.43. The first-order valence-corrected chi connectivity index (χ1v) is 7.66. The Morgan fingerprint density at radius 2 is 2.04 bits per heavy atom.